The molecule has 2 aromatic carbocycles. The van der Waals surface area contributed by atoms with Crippen molar-refractivity contribution in [2.24, 2.45) is 0 Å². The van der Waals surface area contributed by atoms with Crippen molar-refractivity contribution >= 4 is 22.6 Å². The van der Waals surface area contributed by atoms with E-state index in [0.717, 1.165) is 29.3 Å². The predicted octanol–water partition coefficient (Wildman–Crippen LogP) is 4.62. The van der Waals surface area contributed by atoms with E-state index >= 15 is 0 Å². The van der Waals surface area contributed by atoms with Crippen molar-refractivity contribution in [3.05, 3.63) is 60.3 Å². The zero-order chi connectivity index (χ0) is 19.5. The highest BCUT2D eigenvalue weighted by molar-refractivity contribution is 5.92. The molecule has 0 unspecified atom stereocenters. The molecule has 1 fully saturated rings. The van der Waals surface area contributed by atoms with Crippen molar-refractivity contribution in [1.82, 2.24) is 9.88 Å². The van der Waals surface area contributed by atoms with Crippen LogP contribution in [0, 0.1) is 0 Å². The van der Waals surface area contributed by atoms with Gasteiger partial charge in [-0.2, -0.15) is 0 Å². The second-order valence-corrected chi connectivity index (χ2v) is 6.81. The van der Waals surface area contributed by atoms with Gasteiger partial charge in [0, 0.05) is 11.9 Å². The topological polar surface area (TPSA) is 63.7 Å². The molecule has 1 aromatic heterocycles. The molecule has 0 saturated carbocycles. The summed E-state index contributed by atoms with van der Waals surface area (Å²) in [6.45, 7) is 0.714. The lowest BCUT2D eigenvalue weighted by atomic mass is 10.0. The Bertz CT molecular complexity index is 1010. The van der Waals surface area contributed by atoms with E-state index in [1.54, 1.807) is 20.4 Å². The van der Waals surface area contributed by atoms with Gasteiger partial charge in [0.2, 0.25) is 0 Å². The molecule has 3 aromatic rings. The van der Waals surface area contributed by atoms with Crippen molar-refractivity contribution in [1.29, 1.82) is 0 Å². The Morgan fingerprint density at radius 1 is 1.11 bits per heavy atom. The molecule has 144 valence electrons. The van der Waals surface area contributed by atoms with Gasteiger partial charge in [-0.05, 0) is 42.7 Å². The van der Waals surface area contributed by atoms with Crippen LogP contribution in [0.4, 0.5) is 10.5 Å². The molecule has 1 aliphatic heterocycles. The SMILES string of the molecule is COc1ccc([C@H]2CCCN2C(=O)Nc2cnc3ccccc3c2)cc1OC. The van der Waals surface area contributed by atoms with E-state index in [0.29, 0.717) is 23.7 Å². The minimum Gasteiger partial charge on any atom is -0.493 e. The number of carbonyl (C=O) groups excluding carboxylic acids is 1. The highest BCUT2D eigenvalue weighted by atomic mass is 16.5. The fourth-order valence-electron chi connectivity index (χ4n) is 3.75. The highest BCUT2D eigenvalue weighted by Gasteiger charge is 2.30. The number of aromatic nitrogens is 1. The first-order valence-electron chi connectivity index (χ1n) is 9.34. The predicted molar refractivity (Wildman–Crippen MR) is 109 cm³/mol. The normalized spacial score (nSPS) is 16.2. The Labute approximate surface area is 164 Å². The number of fused-ring (bicyclic) bond motifs is 1. The molecule has 1 atom stereocenters. The van der Waals surface area contributed by atoms with Crippen molar-refractivity contribution in [3.8, 4) is 11.5 Å². The maximum atomic E-state index is 12.9. The Kier molecular flexibility index (Phi) is 5.02. The molecular formula is C22H23N3O3. The quantitative estimate of drug-likeness (QED) is 0.720. The fourth-order valence-corrected chi connectivity index (χ4v) is 3.75. The van der Waals surface area contributed by atoms with Gasteiger partial charge in [-0.1, -0.05) is 24.3 Å². The monoisotopic (exact) mass is 377 g/mol. The maximum Gasteiger partial charge on any atom is 0.322 e. The molecular weight excluding hydrogens is 354 g/mol. The van der Waals surface area contributed by atoms with Gasteiger partial charge in [-0.3, -0.25) is 4.98 Å². The van der Waals surface area contributed by atoms with Crippen molar-refractivity contribution < 1.29 is 14.3 Å². The first kappa shape index (κ1) is 18.1. The fraction of sp³-hybridized carbons (Fsp3) is 0.273. The molecule has 1 N–H and O–H groups in total. The Morgan fingerprint density at radius 2 is 1.93 bits per heavy atom. The standard InChI is InChI=1S/C22H23N3O3/c1-27-20-10-9-16(13-21(20)28-2)19-8-5-11-25(19)22(26)24-17-12-15-6-3-4-7-18(15)23-14-17/h3-4,6-7,9-10,12-14,19H,5,8,11H2,1-2H3,(H,24,26)/t19-/m1/s1. The summed E-state index contributed by atoms with van der Waals surface area (Å²) in [5.41, 5.74) is 2.65. The first-order valence-corrected chi connectivity index (χ1v) is 9.34. The molecule has 0 aliphatic carbocycles. The van der Waals surface area contributed by atoms with Crippen LogP contribution < -0.4 is 14.8 Å². The van der Waals surface area contributed by atoms with Crippen LogP contribution in [-0.4, -0.2) is 36.7 Å². The average Bonchev–Trinajstić information content (AvgIpc) is 3.23. The number of nitrogens with one attached hydrogen (secondary N) is 1. The summed E-state index contributed by atoms with van der Waals surface area (Å²) in [5.74, 6) is 1.36. The second kappa shape index (κ2) is 7.76. The van der Waals surface area contributed by atoms with Crippen LogP contribution >= 0.6 is 0 Å². The van der Waals surface area contributed by atoms with Crippen LogP contribution in [0.1, 0.15) is 24.4 Å². The summed E-state index contributed by atoms with van der Waals surface area (Å²) in [6, 6.07) is 15.5. The van der Waals surface area contributed by atoms with Crippen LogP contribution in [0.5, 0.6) is 11.5 Å². The Morgan fingerprint density at radius 3 is 2.75 bits per heavy atom. The van der Waals surface area contributed by atoms with Gasteiger partial charge >= 0.3 is 6.03 Å². The lowest BCUT2D eigenvalue weighted by Crippen LogP contribution is -2.34. The van der Waals surface area contributed by atoms with Crippen molar-refractivity contribution in [2.45, 2.75) is 18.9 Å². The number of hydrogen-bond donors (Lipinski definition) is 1. The third-order valence-corrected chi connectivity index (χ3v) is 5.15. The number of amides is 2. The number of rotatable bonds is 4. The van der Waals surface area contributed by atoms with Gasteiger partial charge < -0.3 is 19.7 Å². The number of likely N-dealkylation sites (tertiary alicyclic amines) is 1. The van der Waals surface area contributed by atoms with Crippen molar-refractivity contribution in [3.63, 3.8) is 0 Å². The number of urea groups is 1. The Hall–Kier alpha value is -3.28. The molecule has 1 aliphatic rings. The zero-order valence-electron chi connectivity index (χ0n) is 16.0. The smallest absolute Gasteiger partial charge is 0.322 e. The number of nitrogens with zero attached hydrogens (tertiary/aromatic N) is 2. The molecule has 0 radical (unpaired) electrons. The summed E-state index contributed by atoms with van der Waals surface area (Å²) in [4.78, 5) is 19.2. The van der Waals surface area contributed by atoms with Crippen LogP contribution in [-0.2, 0) is 0 Å². The number of carbonyl (C=O) groups is 1. The summed E-state index contributed by atoms with van der Waals surface area (Å²) in [7, 11) is 3.23. The van der Waals surface area contributed by atoms with Gasteiger partial charge in [0.1, 0.15) is 0 Å². The van der Waals surface area contributed by atoms with Gasteiger partial charge in [-0.25, -0.2) is 4.79 Å². The first-order chi connectivity index (χ1) is 13.7. The number of benzene rings is 2. The average molecular weight is 377 g/mol. The van der Waals surface area contributed by atoms with Crippen LogP contribution in [0.2, 0.25) is 0 Å². The summed E-state index contributed by atoms with van der Waals surface area (Å²) >= 11 is 0. The van der Waals surface area contributed by atoms with E-state index in [9.17, 15) is 4.79 Å². The molecule has 2 amide bonds. The molecule has 6 heteroatoms. The molecule has 6 nitrogen and oxygen atoms in total. The van der Waals surface area contributed by atoms with Crippen LogP contribution in [0.25, 0.3) is 10.9 Å². The third-order valence-electron chi connectivity index (χ3n) is 5.15. The molecule has 0 bridgehead atoms. The maximum absolute atomic E-state index is 12.9. The molecule has 0 spiro atoms. The van der Waals surface area contributed by atoms with E-state index in [-0.39, 0.29) is 12.1 Å². The summed E-state index contributed by atoms with van der Waals surface area (Å²) < 4.78 is 10.7. The summed E-state index contributed by atoms with van der Waals surface area (Å²) in [6.07, 6.45) is 3.57. The van der Waals surface area contributed by atoms with E-state index < -0.39 is 0 Å². The Balaban J connectivity index is 1.54. The molecule has 1 saturated heterocycles. The zero-order valence-corrected chi connectivity index (χ0v) is 16.0. The van der Waals surface area contributed by atoms with E-state index in [1.807, 2.05) is 53.4 Å². The van der Waals surface area contributed by atoms with Crippen molar-refractivity contribution in [2.75, 3.05) is 26.1 Å². The number of para-hydroxylation sites is 1. The lowest BCUT2D eigenvalue weighted by molar-refractivity contribution is 0.207. The van der Waals surface area contributed by atoms with E-state index in [4.69, 9.17) is 9.47 Å². The second-order valence-electron chi connectivity index (χ2n) is 6.81. The highest BCUT2D eigenvalue weighted by Crippen LogP contribution is 2.37. The summed E-state index contributed by atoms with van der Waals surface area (Å²) in [5, 5.41) is 3.99. The molecule has 28 heavy (non-hydrogen) atoms. The number of ether oxygens (including phenoxy) is 2. The number of methoxy groups -OCH3 is 2. The number of pyridine rings is 1. The van der Waals surface area contributed by atoms with E-state index in [2.05, 4.69) is 10.3 Å². The minimum absolute atomic E-state index is 0.00761. The van der Waals surface area contributed by atoms with E-state index in [1.165, 1.54) is 0 Å². The molecule has 2 heterocycles. The molecule has 4 rings (SSSR count). The largest absolute Gasteiger partial charge is 0.493 e. The number of hydrogen-bond acceptors (Lipinski definition) is 4. The lowest BCUT2D eigenvalue weighted by Gasteiger charge is -2.26. The van der Waals surface area contributed by atoms with Gasteiger partial charge in [0.05, 0.1) is 37.7 Å². The van der Waals surface area contributed by atoms with Gasteiger partial charge in [-0.15, -0.1) is 0 Å². The van der Waals surface area contributed by atoms with Gasteiger partial charge in [0.25, 0.3) is 0 Å². The minimum atomic E-state index is -0.116. The third kappa shape index (κ3) is 3.45. The van der Waals surface area contributed by atoms with Gasteiger partial charge in [0.15, 0.2) is 11.5 Å². The number of anilines is 1. The van der Waals surface area contributed by atoms with Crippen LogP contribution in [0.3, 0.4) is 0 Å². The van der Waals surface area contributed by atoms with Crippen LogP contribution in [0.15, 0.2) is 54.7 Å².